The number of aryl methyl sites for hydroxylation is 1. The first-order valence-corrected chi connectivity index (χ1v) is 11.2. The molecule has 0 aliphatic carbocycles. The molecule has 1 amide bonds. The smallest absolute Gasteiger partial charge is 0.261 e. The molecule has 162 valence electrons. The van der Waals surface area contributed by atoms with Crippen molar-refractivity contribution in [3.05, 3.63) is 58.6 Å². The van der Waals surface area contributed by atoms with Gasteiger partial charge in [0.25, 0.3) is 5.56 Å². The molecule has 1 aliphatic heterocycles. The zero-order valence-corrected chi connectivity index (χ0v) is 18.4. The van der Waals surface area contributed by atoms with Gasteiger partial charge in [-0.25, -0.2) is 4.98 Å². The van der Waals surface area contributed by atoms with Gasteiger partial charge >= 0.3 is 0 Å². The molecular formula is C23H25N3O4S. The Morgan fingerprint density at radius 3 is 2.81 bits per heavy atom. The third-order valence-electron chi connectivity index (χ3n) is 5.43. The molecule has 2 aromatic carbocycles. The SMILES string of the molecule is COc1cc2ncn(CCCC(=O)N[C@@H]3CCSc4ccccc43)c(=O)c2cc1OC. The quantitative estimate of drug-likeness (QED) is 0.606. The second-order valence-electron chi connectivity index (χ2n) is 7.37. The van der Waals surface area contributed by atoms with Gasteiger partial charge in [-0.2, -0.15) is 0 Å². The maximum Gasteiger partial charge on any atom is 0.261 e. The summed E-state index contributed by atoms with van der Waals surface area (Å²) in [7, 11) is 3.07. The number of nitrogens with one attached hydrogen (secondary N) is 1. The normalized spacial score (nSPS) is 15.4. The van der Waals surface area contributed by atoms with Crippen LogP contribution >= 0.6 is 11.8 Å². The average molecular weight is 440 g/mol. The molecule has 31 heavy (non-hydrogen) atoms. The first-order valence-electron chi connectivity index (χ1n) is 10.2. The number of ether oxygens (including phenoxy) is 2. The number of amides is 1. The second-order valence-corrected chi connectivity index (χ2v) is 8.50. The van der Waals surface area contributed by atoms with Gasteiger partial charge in [0.2, 0.25) is 5.91 Å². The number of hydrogen-bond donors (Lipinski definition) is 1. The van der Waals surface area contributed by atoms with Crippen LogP contribution in [-0.4, -0.2) is 35.4 Å². The van der Waals surface area contributed by atoms with Crippen molar-refractivity contribution in [2.75, 3.05) is 20.0 Å². The van der Waals surface area contributed by atoms with Crippen LogP contribution in [0.25, 0.3) is 10.9 Å². The Balaban J connectivity index is 1.40. The molecule has 0 unspecified atom stereocenters. The second kappa shape index (κ2) is 9.43. The molecule has 1 N–H and O–H groups in total. The van der Waals surface area contributed by atoms with E-state index >= 15 is 0 Å². The lowest BCUT2D eigenvalue weighted by Crippen LogP contribution is -2.31. The van der Waals surface area contributed by atoms with E-state index in [9.17, 15) is 9.59 Å². The summed E-state index contributed by atoms with van der Waals surface area (Å²) >= 11 is 1.83. The molecule has 3 aromatic rings. The fraction of sp³-hybridized carbons (Fsp3) is 0.348. The number of hydrogen-bond acceptors (Lipinski definition) is 6. The Hall–Kier alpha value is -3.00. The number of rotatable bonds is 7. The summed E-state index contributed by atoms with van der Waals surface area (Å²) in [6, 6.07) is 11.6. The molecular weight excluding hydrogens is 414 g/mol. The summed E-state index contributed by atoms with van der Waals surface area (Å²) in [6.45, 7) is 0.417. The van der Waals surface area contributed by atoms with Crippen molar-refractivity contribution in [3.8, 4) is 11.5 Å². The maximum atomic E-state index is 12.8. The molecule has 0 radical (unpaired) electrons. The van der Waals surface area contributed by atoms with Gasteiger partial charge in [0.1, 0.15) is 0 Å². The van der Waals surface area contributed by atoms with Gasteiger partial charge in [-0.3, -0.25) is 14.2 Å². The van der Waals surface area contributed by atoms with Crippen molar-refractivity contribution in [1.29, 1.82) is 0 Å². The predicted octanol–water partition coefficient (Wildman–Crippen LogP) is 3.55. The van der Waals surface area contributed by atoms with E-state index in [1.165, 1.54) is 28.5 Å². The lowest BCUT2D eigenvalue weighted by Gasteiger charge is -2.25. The summed E-state index contributed by atoms with van der Waals surface area (Å²) in [4.78, 5) is 31.0. The third-order valence-corrected chi connectivity index (χ3v) is 6.55. The van der Waals surface area contributed by atoms with Crippen LogP contribution in [0.1, 0.15) is 30.9 Å². The van der Waals surface area contributed by atoms with Gasteiger partial charge in [0.15, 0.2) is 11.5 Å². The fourth-order valence-corrected chi connectivity index (χ4v) is 4.94. The minimum absolute atomic E-state index is 0.0000870. The first kappa shape index (κ1) is 21.2. The molecule has 0 spiro atoms. The summed E-state index contributed by atoms with van der Waals surface area (Å²) in [5.74, 6) is 2.00. The summed E-state index contributed by atoms with van der Waals surface area (Å²) in [5, 5.41) is 3.61. The Bertz CT molecular complexity index is 1160. The van der Waals surface area contributed by atoms with Crippen LogP contribution in [0.4, 0.5) is 0 Å². The van der Waals surface area contributed by atoms with Gasteiger partial charge in [0.05, 0.1) is 37.5 Å². The zero-order chi connectivity index (χ0) is 21.8. The van der Waals surface area contributed by atoms with Crippen LogP contribution in [0.2, 0.25) is 0 Å². The number of aromatic nitrogens is 2. The molecule has 1 aromatic heterocycles. The van der Waals surface area contributed by atoms with Crippen LogP contribution in [-0.2, 0) is 11.3 Å². The number of thioether (sulfide) groups is 1. The number of fused-ring (bicyclic) bond motifs is 2. The molecule has 1 aliphatic rings. The monoisotopic (exact) mass is 439 g/mol. The maximum absolute atomic E-state index is 12.8. The van der Waals surface area contributed by atoms with Gasteiger partial charge in [0, 0.05) is 29.7 Å². The highest BCUT2D eigenvalue weighted by Crippen LogP contribution is 2.35. The largest absolute Gasteiger partial charge is 0.493 e. The van der Waals surface area contributed by atoms with E-state index in [1.807, 2.05) is 23.9 Å². The average Bonchev–Trinajstić information content (AvgIpc) is 2.80. The third kappa shape index (κ3) is 4.54. The zero-order valence-electron chi connectivity index (χ0n) is 17.6. The summed E-state index contributed by atoms with van der Waals surface area (Å²) < 4.78 is 12.1. The van der Waals surface area contributed by atoms with Crippen LogP contribution in [0.15, 0.2) is 52.4 Å². The Labute approximate surface area is 184 Å². The number of benzene rings is 2. The Morgan fingerprint density at radius 1 is 1.23 bits per heavy atom. The van der Waals surface area contributed by atoms with Crippen molar-refractivity contribution in [1.82, 2.24) is 14.9 Å². The molecule has 0 saturated carbocycles. The number of carbonyl (C=O) groups excluding carboxylic acids is 1. The highest BCUT2D eigenvalue weighted by atomic mass is 32.2. The minimum atomic E-state index is -0.162. The lowest BCUT2D eigenvalue weighted by atomic mass is 10.0. The predicted molar refractivity (Wildman–Crippen MR) is 121 cm³/mol. The summed E-state index contributed by atoms with van der Waals surface area (Å²) in [6.07, 6.45) is 3.34. The number of methoxy groups -OCH3 is 2. The van der Waals surface area contributed by atoms with Crippen molar-refractivity contribution >= 4 is 28.6 Å². The van der Waals surface area contributed by atoms with Gasteiger partial charge in [-0.15, -0.1) is 11.8 Å². The van der Waals surface area contributed by atoms with E-state index < -0.39 is 0 Å². The van der Waals surface area contributed by atoms with Crippen molar-refractivity contribution in [2.24, 2.45) is 0 Å². The highest BCUT2D eigenvalue weighted by Gasteiger charge is 2.21. The highest BCUT2D eigenvalue weighted by molar-refractivity contribution is 7.99. The molecule has 4 rings (SSSR count). The van der Waals surface area contributed by atoms with Crippen molar-refractivity contribution < 1.29 is 14.3 Å². The standard InChI is InChI=1S/C23H25N3O4S/c1-29-19-12-16-18(13-20(19)30-2)24-14-26(23(16)28)10-5-8-22(27)25-17-9-11-31-21-7-4-3-6-15(17)21/h3-4,6-7,12-14,17H,5,8-11H2,1-2H3,(H,25,27)/t17-/m1/s1. The Morgan fingerprint density at radius 2 is 2.00 bits per heavy atom. The molecule has 0 bridgehead atoms. The molecule has 0 fully saturated rings. The first-order chi connectivity index (χ1) is 15.1. The van der Waals surface area contributed by atoms with Crippen LogP contribution in [0.3, 0.4) is 0 Å². The lowest BCUT2D eigenvalue weighted by molar-refractivity contribution is -0.122. The van der Waals surface area contributed by atoms with E-state index in [2.05, 4.69) is 22.4 Å². The minimum Gasteiger partial charge on any atom is -0.493 e. The van der Waals surface area contributed by atoms with E-state index in [-0.39, 0.29) is 17.5 Å². The van der Waals surface area contributed by atoms with Crippen molar-refractivity contribution in [2.45, 2.75) is 36.7 Å². The molecule has 2 heterocycles. The number of nitrogens with zero attached hydrogens (tertiary/aromatic N) is 2. The van der Waals surface area contributed by atoms with Crippen LogP contribution < -0.4 is 20.3 Å². The van der Waals surface area contributed by atoms with Crippen LogP contribution in [0.5, 0.6) is 11.5 Å². The fourth-order valence-electron chi connectivity index (χ4n) is 3.81. The molecule has 0 saturated heterocycles. The molecule has 7 nitrogen and oxygen atoms in total. The van der Waals surface area contributed by atoms with E-state index in [0.717, 1.165) is 12.2 Å². The van der Waals surface area contributed by atoms with Gasteiger partial charge in [-0.1, -0.05) is 18.2 Å². The van der Waals surface area contributed by atoms with Gasteiger partial charge < -0.3 is 14.8 Å². The topological polar surface area (TPSA) is 82.5 Å². The van der Waals surface area contributed by atoms with Crippen LogP contribution in [0, 0.1) is 0 Å². The van der Waals surface area contributed by atoms with Crippen molar-refractivity contribution in [3.63, 3.8) is 0 Å². The van der Waals surface area contributed by atoms with E-state index in [4.69, 9.17) is 9.47 Å². The summed E-state index contributed by atoms with van der Waals surface area (Å²) in [5.41, 5.74) is 1.57. The van der Waals surface area contributed by atoms with Gasteiger partial charge in [-0.05, 0) is 30.5 Å². The Kier molecular flexibility index (Phi) is 6.46. The molecule has 1 atom stereocenters. The van der Waals surface area contributed by atoms with E-state index in [1.54, 1.807) is 19.2 Å². The van der Waals surface area contributed by atoms with E-state index in [0.29, 0.717) is 41.8 Å². The number of carbonyl (C=O) groups is 1. The molecule has 8 heteroatoms.